The van der Waals surface area contributed by atoms with E-state index in [4.69, 9.17) is 4.42 Å². The highest BCUT2D eigenvalue weighted by Crippen LogP contribution is 2.29. The molecule has 0 bridgehead atoms. The van der Waals surface area contributed by atoms with Gasteiger partial charge in [-0.05, 0) is 44.4 Å². The van der Waals surface area contributed by atoms with Crippen LogP contribution in [0, 0.1) is 13.8 Å². The number of aryl methyl sites for hydroxylation is 2. The van der Waals surface area contributed by atoms with Crippen molar-refractivity contribution in [2.45, 2.75) is 39.3 Å². The third-order valence-electron chi connectivity index (χ3n) is 3.75. The highest BCUT2D eigenvalue weighted by atomic mass is 16.4. The van der Waals surface area contributed by atoms with Crippen molar-refractivity contribution in [3.63, 3.8) is 0 Å². The summed E-state index contributed by atoms with van der Waals surface area (Å²) in [5.74, 6) is 0.897. The molecule has 1 aromatic carbocycles. The van der Waals surface area contributed by atoms with E-state index < -0.39 is 0 Å². The number of anilines is 1. The highest BCUT2D eigenvalue weighted by molar-refractivity contribution is 5.87. The summed E-state index contributed by atoms with van der Waals surface area (Å²) in [6.07, 6.45) is 1.99. The number of aromatic hydroxyl groups is 1. The predicted molar refractivity (Wildman–Crippen MR) is 81.7 cm³/mol. The second-order valence-corrected chi connectivity index (χ2v) is 5.62. The van der Waals surface area contributed by atoms with Crippen LogP contribution in [0.25, 0.3) is 0 Å². The number of carbonyl (C=O) groups excluding carboxylic acids is 1. The number of urea groups is 1. The van der Waals surface area contributed by atoms with Gasteiger partial charge in [-0.2, -0.15) is 4.98 Å². The average molecular weight is 301 g/mol. The number of hydrogen-bond donors (Lipinski definition) is 2. The van der Waals surface area contributed by atoms with Gasteiger partial charge in [0.15, 0.2) is 0 Å². The first-order valence-corrected chi connectivity index (χ1v) is 7.32. The van der Waals surface area contributed by atoms with Gasteiger partial charge in [0.2, 0.25) is 0 Å². The van der Waals surface area contributed by atoms with Crippen molar-refractivity contribution in [3.05, 3.63) is 41.3 Å². The van der Waals surface area contributed by atoms with Crippen LogP contribution in [-0.2, 0) is 6.54 Å². The van der Waals surface area contributed by atoms with Gasteiger partial charge in [0.1, 0.15) is 11.5 Å². The lowest BCUT2D eigenvalue weighted by molar-refractivity contribution is 0.205. The molecule has 22 heavy (non-hydrogen) atoms. The molecule has 0 aliphatic heterocycles. The lowest BCUT2D eigenvalue weighted by atomic mass is 10.2. The fourth-order valence-electron chi connectivity index (χ4n) is 2.29. The zero-order valence-corrected chi connectivity index (χ0v) is 12.7. The molecular weight excluding hydrogens is 282 g/mol. The molecule has 2 N–H and O–H groups in total. The fraction of sp³-hybridized carbons (Fsp3) is 0.375. The lowest BCUT2D eigenvalue weighted by Gasteiger charge is -2.22. The van der Waals surface area contributed by atoms with Crippen LogP contribution in [0.2, 0.25) is 0 Å². The fourth-order valence-corrected chi connectivity index (χ4v) is 2.29. The number of benzene rings is 1. The maximum Gasteiger partial charge on any atom is 0.326 e. The minimum absolute atomic E-state index is 0.201. The van der Waals surface area contributed by atoms with Crippen molar-refractivity contribution in [2.75, 3.05) is 5.32 Å². The molecule has 0 atom stereocenters. The maximum atomic E-state index is 12.5. The molecule has 6 heteroatoms. The summed E-state index contributed by atoms with van der Waals surface area (Å²) in [6, 6.07) is 7.18. The van der Waals surface area contributed by atoms with E-state index in [0.29, 0.717) is 12.3 Å². The molecule has 1 aromatic heterocycles. The maximum absolute atomic E-state index is 12.5. The number of nitrogens with one attached hydrogen (secondary N) is 1. The number of phenolic OH excluding ortho intramolecular Hbond substituents is 1. The van der Waals surface area contributed by atoms with Gasteiger partial charge < -0.3 is 14.4 Å². The summed E-state index contributed by atoms with van der Waals surface area (Å²) in [7, 11) is 0. The van der Waals surface area contributed by atoms with Crippen LogP contribution in [0.1, 0.15) is 29.9 Å². The van der Waals surface area contributed by atoms with Gasteiger partial charge in [0.05, 0.1) is 5.69 Å². The van der Waals surface area contributed by atoms with Crippen molar-refractivity contribution < 1.29 is 14.3 Å². The minimum Gasteiger partial charge on any atom is -0.508 e. The van der Waals surface area contributed by atoms with Gasteiger partial charge in [0.25, 0.3) is 0 Å². The highest BCUT2D eigenvalue weighted by Gasteiger charge is 2.33. The first-order chi connectivity index (χ1) is 10.5. The second kappa shape index (κ2) is 5.71. The van der Waals surface area contributed by atoms with Crippen molar-refractivity contribution >= 4 is 12.0 Å². The van der Waals surface area contributed by atoms with E-state index in [-0.39, 0.29) is 23.8 Å². The van der Waals surface area contributed by atoms with Crippen LogP contribution < -0.4 is 5.32 Å². The van der Waals surface area contributed by atoms with Crippen molar-refractivity contribution in [1.82, 2.24) is 9.88 Å². The molecule has 2 amide bonds. The minimum atomic E-state index is -0.230. The number of amides is 2. The Morgan fingerprint density at radius 3 is 2.82 bits per heavy atom. The Labute approximate surface area is 128 Å². The molecule has 0 unspecified atom stereocenters. The van der Waals surface area contributed by atoms with Crippen LogP contribution in [0.3, 0.4) is 0 Å². The Hall–Kier alpha value is -2.50. The zero-order valence-electron chi connectivity index (χ0n) is 12.7. The van der Waals surface area contributed by atoms with Crippen molar-refractivity contribution in [3.8, 4) is 5.75 Å². The van der Waals surface area contributed by atoms with Crippen LogP contribution >= 0.6 is 0 Å². The molecule has 0 spiro atoms. The van der Waals surface area contributed by atoms with Gasteiger partial charge in [-0.3, -0.25) is 5.32 Å². The third kappa shape index (κ3) is 3.21. The molecule has 1 heterocycles. The number of oxazole rings is 1. The normalized spacial score (nSPS) is 13.9. The summed E-state index contributed by atoms with van der Waals surface area (Å²) in [5, 5.41) is 12.2. The first kappa shape index (κ1) is 14.4. The number of rotatable bonds is 4. The van der Waals surface area contributed by atoms with Crippen LogP contribution in [-0.4, -0.2) is 27.1 Å². The summed E-state index contributed by atoms with van der Waals surface area (Å²) in [4.78, 5) is 18.4. The van der Waals surface area contributed by atoms with E-state index in [2.05, 4.69) is 10.3 Å². The Morgan fingerprint density at radius 1 is 1.45 bits per heavy atom. The molecule has 1 saturated carbocycles. The van der Waals surface area contributed by atoms with E-state index >= 15 is 0 Å². The van der Waals surface area contributed by atoms with Crippen molar-refractivity contribution in [1.29, 1.82) is 0 Å². The lowest BCUT2D eigenvalue weighted by Crippen LogP contribution is -2.36. The van der Waals surface area contributed by atoms with Crippen molar-refractivity contribution in [2.24, 2.45) is 0 Å². The van der Waals surface area contributed by atoms with Gasteiger partial charge in [-0.1, -0.05) is 12.1 Å². The molecule has 1 aliphatic carbocycles. The van der Waals surface area contributed by atoms with E-state index in [1.54, 1.807) is 23.1 Å². The van der Waals surface area contributed by atoms with Gasteiger partial charge in [0, 0.05) is 12.6 Å². The van der Waals surface area contributed by atoms with E-state index in [9.17, 15) is 9.90 Å². The van der Waals surface area contributed by atoms with Gasteiger partial charge in [-0.25, -0.2) is 4.79 Å². The summed E-state index contributed by atoms with van der Waals surface area (Å²) < 4.78 is 5.39. The summed E-state index contributed by atoms with van der Waals surface area (Å²) in [6.45, 7) is 4.09. The Bertz CT molecular complexity index is 672. The standard InChI is InChI=1S/C16H19N3O3/c1-10-11(2)22-15(17-10)18-16(21)19(13-6-7-13)9-12-4-3-5-14(20)8-12/h3-5,8,13,20H,6-7,9H2,1-2H3,(H,17,18,21). The SMILES string of the molecule is Cc1nc(NC(=O)N(Cc2cccc(O)c2)C2CC2)oc1C. The second-order valence-electron chi connectivity index (χ2n) is 5.62. The first-order valence-electron chi connectivity index (χ1n) is 7.32. The topological polar surface area (TPSA) is 78.6 Å². The molecule has 1 aliphatic rings. The summed E-state index contributed by atoms with van der Waals surface area (Å²) in [5.41, 5.74) is 1.66. The summed E-state index contributed by atoms with van der Waals surface area (Å²) >= 11 is 0. The van der Waals surface area contributed by atoms with Crippen LogP contribution in [0.4, 0.5) is 10.8 Å². The number of nitrogens with zero attached hydrogens (tertiary/aromatic N) is 2. The number of aromatic nitrogens is 1. The quantitative estimate of drug-likeness (QED) is 0.909. The van der Waals surface area contributed by atoms with Gasteiger partial charge in [-0.15, -0.1) is 0 Å². The molecule has 0 radical (unpaired) electrons. The average Bonchev–Trinajstić information content (AvgIpc) is 3.24. The molecule has 116 valence electrons. The zero-order chi connectivity index (χ0) is 15.7. The molecule has 6 nitrogen and oxygen atoms in total. The Balaban J connectivity index is 1.72. The van der Waals surface area contributed by atoms with E-state index in [1.807, 2.05) is 19.9 Å². The number of carbonyl (C=O) groups is 1. The van der Waals surface area contributed by atoms with Crippen LogP contribution in [0.15, 0.2) is 28.7 Å². The van der Waals surface area contributed by atoms with E-state index in [0.717, 1.165) is 24.1 Å². The molecule has 2 aromatic rings. The smallest absolute Gasteiger partial charge is 0.326 e. The Morgan fingerprint density at radius 2 is 2.23 bits per heavy atom. The van der Waals surface area contributed by atoms with Crippen LogP contribution in [0.5, 0.6) is 5.75 Å². The number of hydrogen-bond acceptors (Lipinski definition) is 4. The Kier molecular flexibility index (Phi) is 3.75. The molecule has 0 saturated heterocycles. The van der Waals surface area contributed by atoms with E-state index in [1.165, 1.54) is 0 Å². The molecular formula is C16H19N3O3. The molecule has 3 rings (SSSR count). The van der Waals surface area contributed by atoms with Gasteiger partial charge >= 0.3 is 12.0 Å². The monoisotopic (exact) mass is 301 g/mol. The molecule has 1 fully saturated rings. The third-order valence-corrected chi connectivity index (χ3v) is 3.75. The predicted octanol–water partition coefficient (Wildman–Crippen LogP) is 3.19. The largest absolute Gasteiger partial charge is 0.508 e. The number of phenols is 1.